The minimum Gasteiger partial charge on any atom is -0.481 e. The Morgan fingerprint density at radius 2 is 1.68 bits per heavy atom. The molecule has 2 atom stereocenters. The van der Waals surface area contributed by atoms with Gasteiger partial charge in [-0.1, -0.05) is 39.5 Å². The van der Waals surface area contributed by atoms with E-state index in [2.05, 4.69) is 13.8 Å². The van der Waals surface area contributed by atoms with Crippen LogP contribution in [0.3, 0.4) is 0 Å². The van der Waals surface area contributed by atoms with Gasteiger partial charge in [-0.25, -0.2) is 0 Å². The van der Waals surface area contributed by atoms with Crippen molar-refractivity contribution >= 4 is 5.97 Å². The van der Waals surface area contributed by atoms with Crippen molar-refractivity contribution in [3.05, 3.63) is 0 Å². The van der Waals surface area contributed by atoms with E-state index in [4.69, 9.17) is 0 Å². The highest BCUT2D eigenvalue weighted by atomic mass is 16.4. The molecule has 0 spiro atoms. The van der Waals surface area contributed by atoms with Crippen LogP contribution in [0.15, 0.2) is 0 Å². The zero-order chi connectivity index (χ0) is 13.9. The Morgan fingerprint density at radius 1 is 1.05 bits per heavy atom. The van der Waals surface area contributed by atoms with E-state index in [9.17, 15) is 9.90 Å². The number of aliphatic carboxylic acids is 1. The van der Waals surface area contributed by atoms with E-state index in [1.54, 1.807) is 0 Å². The van der Waals surface area contributed by atoms with Crippen molar-refractivity contribution in [2.75, 3.05) is 0 Å². The fourth-order valence-electron chi connectivity index (χ4n) is 4.56. The van der Waals surface area contributed by atoms with Crippen molar-refractivity contribution in [3.8, 4) is 0 Å². The van der Waals surface area contributed by atoms with Gasteiger partial charge in [0.25, 0.3) is 0 Å². The van der Waals surface area contributed by atoms with E-state index in [0.29, 0.717) is 5.92 Å². The fraction of sp³-hybridized carbons (Fsp3) is 0.941. The van der Waals surface area contributed by atoms with Crippen LogP contribution in [0.1, 0.15) is 78.1 Å². The van der Waals surface area contributed by atoms with Gasteiger partial charge in [0.2, 0.25) is 0 Å². The van der Waals surface area contributed by atoms with E-state index in [1.165, 1.54) is 32.1 Å². The maximum absolute atomic E-state index is 12.0. The zero-order valence-electron chi connectivity index (χ0n) is 12.7. The second-order valence-corrected chi connectivity index (χ2v) is 6.95. The standard InChI is InChI=1S/C17H30O2/c1-3-13-8-10-17(11-9-13,16(18)19)15-7-5-6-14(4-2)12-15/h13-15H,3-12H2,1-2H3,(H,18,19). The molecule has 2 unspecified atom stereocenters. The van der Waals surface area contributed by atoms with Gasteiger partial charge < -0.3 is 5.11 Å². The summed E-state index contributed by atoms with van der Waals surface area (Å²) in [6.45, 7) is 4.50. The summed E-state index contributed by atoms with van der Waals surface area (Å²) in [7, 11) is 0. The third-order valence-corrected chi connectivity index (χ3v) is 6.14. The molecule has 0 saturated heterocycles. The summed E-state index contributed by atoms with van der Waals surface area (Å²) in [5, 5.41) is 9.86. The number of carboxylic acid groups (broad SMARTS) is 1. The van der Waals surface area contributed by atoms with Crippen molar-refractivity contribution < 1.29 is 9.90 Å². The van der Waals surface area contributed by atoms with Crippen LogP contribution >= 0.6 is 0 Å². The van der Waals surface area contributed by atoms with Crippen molar-refractivity contribution in [2.45, 2.75) is 78.1 Å². The van der Waals surface area contributed by atoms with Gasteiger partial charge in [0.1, 0.15) is 0 Å². The molecule has 0 aromatic rings. The Balaban J connectivity index is 2.09. The number of rotatable bonds is 4. The van der Waals surface area contributed by atoms with Gasteiger partial charge in [0, 0.05) is 0 Å². The first-order valence-corrected chi connectivity index (χ1v) is 8.35. The van der Waals surface area contributed by atoms with Crippen LogP contribution in [0.2, 0.25) is 0 Å². The molecule has 0 aromatic carbocycles. The highest BCUT2D eigenvalue weighted by Gasteiger charge is 2.48. The maximum atomic E-state index is 12.0. The molecule has 2 nitrogen and oxygen atoms in total. The molecule has 2 fully saturated rings. The zero-order valence-corrected chi connectivity index (χ0v) is 12.7. The molecule has 0 amide bonds. The van der Waals surface area contributed by atoms with Gasteiger partial charge in [0.15, 0.2) is 0 Å². The molecule has 0 heterocycles. The molecule has 1 N–H and O–H groups in total. The quantitative estimate of drug-likeness (QED) is 0.788. The number of hydrogen-bond donors (Lipinski definition) is 1. The highest BCUT2D eigenvalue weighted by molar-refractivity contribution is 5.75. The van der Waals surface area contributed by atoms with Gasteiger partial charge in [0.05, 0.1) is 5.41 Å². The minimum absolute atomic E-state index is 0.375. The first-order valence-electron chi connectivity index (χ1n) is 8.35. The maximum Gasteiger partial charge on any atom is 0.309 e. The summed E-state index contributed by atoms with van der Waals surface area (Å²) in [6.07, 6.45) is 11.5. The first-order chi connectivity index (χ1) is 9.12. The molecular weight excluding hydrogens is 236 g/mol. The van der Waals surface area contributed by atoms with Gasteiger partial charge in [-0.05, 0) is 56.3 Å². The molecule has 110 valence electrons. The monoisotopic (exact) mass is 266 g/mol. The summed E-state index contributed by atoms with van der Waals surface area (Å²) in [6, 6.07) is 0. The third kappa shape index (κ3) is 2.98. The highest BCUT2D eigenvalue weighted by Crippen LogP contribution is 2.51. The van der Waals surface area contributed by atoms with Crippen LogP contribution < -0.4 is 0 Å². The number of carbonyl (C=O) groups is 1. The molecule has 0 radical (unpaired) electrons. The lowest BCUT2D eigenvalue weighted by molar-refractivity contribution is -0.158. The van der Waals surface area contributed by atoms with Crippen LogP contribution in [-0.2, 0) is 4.79 Å². The van der Waals surface area contributed by atoms with Crippen molar-refractivity contribution in [2.24, 2.45) is 23.2 Å². The Labute approximate surface area is 118 Å². The van der Waals surface area contributed by atoms with Gasteiger partial charge in [-0.15, -0.1) is 0 Å². The SMILES string of the molecule is CCC1CCC(C(=O)O)(C2CCCC(CC)C2)CC1. The average Bonchev–Trinajstić information content (AvgIpc) is 2.47. The predicted octanol–water partition coefficient (Wildman–Crippen LogP) is 4.87. The summed E-state index contributed by atoms with van der Waals surface area (Å²) >= 11 is 0. The van der Waals surface area contributed by atoms with Crippen LogP contribution in [0.4, 0.5) is 0 Å². The van der Waals surface area contributed by atoms with Crippen LogP contribution in [-0.4, -0.2) is 11.1 Å². The Morgan fingerprint density at radius 3 is 2.21 bits per heavy atom. The van der Waals surface area contributed by atoms with E-state index in [1.807, 2.05) is 0 Å². The van der Waals surface area contributed by atoms with Gasteiger partial charge in [-0.2, -0.15) is 0 Å². The van der Waals surface area contributed by atoms with E-state index in [-0.39, 0.29) is 5.41 Å². The Hall–Kier alpha value is -0.530. The van der Waals surface area contributed by atoms with Gasteiger partial charge >= 0.3 is 5.97 Å². The van der Waals surface area contributed by atoms with Crippen LogP contribution in [0.5, 0.6) is 0 Å². The molecule has 2 aliphatic carbocycles. The fourth-order valence-corrected chi connectivity index (χ4v) is 4.56. The summed E-state index contributed by atoms with van der Waals surface area (Å²) in [4.78, 5) is 12.0. The summed E-state index contributed by atoms with van der Waals surface area (Å²) in [5.41, 5.74) is -0.375. The van der Waals surface area contributed by atoms with Crippen LogP contribution in [0.25, 0.3) is 0 Å². The topological polar surface area (TPSA) is 37.3 Å². The predicted molar refractivity (Wildman–Crippen MR) is 78.1 cm³/mol. The molecule has 2 rings (SSSR count). The molecule has 2 aliphatic rings. The number of carboxylic acids is 1. The van der Waals surface area contributed by atoms with Crippen molar-refractivity contribution in [3.63, 3.8) is 0 Å². The first kappa shape index (κ1) is 14.9. The van der Waals surface area contributed by atoms with E-state index < -0.39 is 5.97 Å². The Kier molecular flexibility index (Phi) is 4.92. The Bertz CT molecular complexity index is 302. The lowest BCUT2D eigenvalue weighted by atomic mass is 9.58. The van der Waals surface area contributed by atoms with E-state index >= 15 is 0 Å². The largest absolute Gasteiger partial charge is 0.481 e. The molecule has 0 bridgehead atoms. The second-order valence-electron chi connectivity index (χ2n) is 6.95. The molecule has 0 aromatic heterocycles. The summed E-state index contributed by atoms with van der Waals surface area (Å²) < 4.78 is 0. The molecular formula is C17H30O2. The second kappa shape index (κ2) is 6.28. The van der Waals surface area contributed by atoms with Gasteiger partial charge in [-0.3, -0.25) is 4.79 Å². The minimum atomic E-state index is -0.496. The van der Waals surface area contributed by atoms with Crippen molar-refractivity contribution in [1.82, 2.24) is 0 Å². The molecule has 0 aliphatic heterocycles. The molecule has 2 saturated carbocycles. The smallest absolute Gasteiger partial charge is 0.309 e. The summed E-state index contributed by atoms with van der Waals surface area (Å²) in [5.74, 6) is 1.50. The van der Waals surface area contributed by atoms with E-state index in [0.717, 1.165) is 43.9 Å². The lowest BCUT2D eigenvalue weighted by Gasteiger charge is -2.45. The average molecular weight is 266 g/mol. The molecule has 19 heavy (non-hydrogen) atoms. The lowest BCUT2D eigenvalue weighted by Crippen LogP contribution is -2.43. The normalized spacial score (nSPS) is 40.0. The van der Waals surface area contributed by atoms with Crippen molar-refractivity contribution in [1.29, 1.82) is 0 Å². The third-order valence-electron chi connectivity index (χ3n) is 6.14. The molecule has 2 heteroatoms. The van der Waals surface area contributed by atoms with Crippen LogP contribution in [0, 0.1) is 23.2 Å². The number of hydrogen-bond acceptors (Lipinski definition) is 1.